The first-order valence-corrected chi connectivity index (χ1v) is 5.85. The smallest absolute Gasteiger partial charge is 0.0729 e. The normalized spacial score (nSPS) is 10.6. The lowest BCUT2D eigenvalue weighted by Crippen LogP contribution is -2.03. The van der Waals surface area contributed by atoms with E-state index in [1.807, 2.05) is 19.4 Å². The zero-order chi connectivity index (χ0) is 12.4. The Kier molecular flexibility index (Phi) is 3.18. The van der Waals surface area contributed by atoms with Crippen molar-refractivity contribution in [2.45, 2.75) is 27.3 Å². The van der Waals surface area contributed by atoms with E-state index in [9.17, 15) is 0 Å². The van der Waals surface area contributed by atoms with Gasteiger partial charge in [-0.15, -0.1) is 0 Å². The summed E-state index contributed by atoms with van der Waals surface area (Å²) in [5, 5.41) is 7.54. The molecule has 0 saturated carbocycles. The van der Waals surface area contributed by atoms with E-state index in [0.29, 0.717) is 0 Å². The Labute approximate surface area is 102 Å². The molecular weight excluding hydrogens is 210 g/mol. The van der Waals surface area contributed by atoms with Crippen LogP contribution in [0.3, 0.4) is 0 Å². The Morgan fingerprint density at radius 3 is 2.35 bits per heavy atom. The molecule has 0 spiro atoms. The Bertz CT molecular complexity index is 503. The molecule has 1 heterocycles. The molecule has 2 rings (SSSR count). The van der Waals surface area contributed by atoms with Crippen molar-refractivity contribution in [2.75, 3.05) is 5.32 Å². The van der Waals surface area contributed by atoms with Gasteiger partial charge in [-0.3, -0.25) is 4.68 Å². The van der Waals surface area contributed by atoms with Crippen molar-refractivity contribution in [3.63, 3.8) is 0 Å². The van der Waals surface area contributed by atoms with Crippen LogP contribution < -0.4 is 5.32 Å². The summed E-state index contributed by atoms with van der Waals surface area (Å²) in [6.45, 7) is 7.32. The molecular formula is C14H19N3. The van der Waals surface area contributed by atoms with Gasteiger partial charge in [0.05, 0.1) is 11.9 Å². The van der Waals surface area contributed by atoms with Crippen LogP contribution in [-0.2, 0) is 13.6 Å². The number of hydrogen-bond acceptors (Lipinski definition) is 2. The molecule has 0 fully saturated rings. The van der Waals surface area contributed by atoms with Gasteiger partial charge in [0.1, 0.15) is 0 Å². The summed E-state index contributed by atoms with van der Waals surface area (Å²) in [6.07, 6.45) is 3.83. The summed E-state index contributed by atoms with van der Waals surface area (Å²) in [4.78, 5) is 0. The standard InChI is InChI=1S/C14H19N3/c1-10-5-11(2)14(12(3)6-10)8-15-13-7-16-17(4)9-13/h5-7,9,15H,8H2,1-4H3. The molecule has 0 bridgehead atoms. The van der Waals surface area contributed by atoms with Crippen molar-refractivity contribution in [1.82, 2.24) is 9.78 Å². The van der Waals surface area contributed by atoms with Gasteiger partial charge in [0, 0.05) is 19.8 Å². The highest BCUT2D eigenvalue weighted by molar-refractivity contribution is 5.43. The van der Waals surface area contributed by atoms with Gasteiger partial charge in [-0.05, 0) is 37.5 Å². The predicted molar refractivity (Wildman–Crippen MR) is 71.2 cm³/mol. The first kappa shape index (κ1) is 11.7. The molecule has 0 aliphatic heterocycles. The second kappa shape index (κ2) is 4.62. The van der Waals surface area contributed by atoms with Gasteiger partial charge in [0.15, 0.2) is 0 Å². The van der Waals surface area contributed by atoms with Gasteiger partial charge >= 0.3 is 0 Å². The van der Waals surface area contributed by atoms with E-state index in [-0.39, 0.29) is 0 Å². The molecule has 0 radical (unpaired) electrons. The van der Waals surface area contributed by atoms with E-state index in [0.717, 1.165) is 12.2 Å². The molecule has 3 heteroatoms. The van der Waals surface area contributed by atoms with Crippen LogP contribution in [0, 0.1) is 20.8 Å². The molecule has 0 aliphatic rings. The summed E-state index contributed by atoms with van der Waals surface area (Å²) < 4.78 is 1.80. The number of benzene rings is 1. The Morgan fingerprint density at radius 1 is 1.18 bits per heavy atom. The van der Waals surface area contributed by atoms with Gasteiger partial charge in [-0.2, -0.15) is 5.10 Å². The van der Waals surface area contributed by atoms with Crippen molar-refractivity contribution in [3.05, 3.63) is 46.8 Å². The zero-order valence-electron chi connectivity index (χ0n) is 10.9. The predicted octanol–water partition coefficient (Wildman–Crippen LogP) is 2.96. The second-order valence-electron chi connectivity index (χ2n) is 4.63. The van der Waals surface area contributed by atoms with Crippen molar-refractivity contribution in [3.8, 4) is 0 Å². The highest BCUT2D eigenvalue weighted by Crippen LogP contribution is 2.17. The minimum atomic E-state index is 0.851. The first-order valence-electron chi connectivity index (χ1n) is 5.85. The fraction of sp³-hybridized carbons (Fsp3) is 0.357. The fourth-order valence-corrected chi connectivity index (χ4v) is 2.19. The molecule has 1 aromatic heterocycles. The average molecular weight is 229 g/mol. The number of nitrogens with one attached hydrogen (secondary N) is 1. The molecule has 3 nitrogen and oxygen atoms in total. The lowest BCUT2D eigenvalue weighted by molar-refractivity contribution is 0.768. The number of hydrogen-bond donors (Lipinski definition) is 1. The molecule has 0 saturated heterocycles. The summed E-state index contributed by atoms with van der Waals surface area (Å²) in [5.41, 5.74) is 6.45. The first-order chi connectivity index (χ1) is 8.06. The third-order valence-electron chi connectivity index (χ3n) is 3.01. The maximum Gasteiger partial charge on any atom is 0.0729 e. The summed E-state index contributed by atoms with van der Waals surface area (Å²) in [5.74, 6) is 0. The summed E-state index contributed by atoms with van der Waals surface area (Å²) in [6, 6.07) is 4.46. The number of rotatable bonds is 3. The van der Waals surface area contributed by atoms with Crippen LogP contribution in [0.1, 0.15) is 22.3 Å². The van der Waals surface area contributed by atoms with E-state index in [1.54, 1.807) is 4.68 Å². The Morgan fingerprint density at radius 2 is 1.82 bits per heavy atom. The van der Waals surface area contributed by atoms with Crippen LogP contribution in [0.15, 0.2) is 24.5 Å². The number of aromatic nitrogens is 2. The van der Waals surface area contributed by atoms with Gasteiger partial charge in [-0.25, -0.2) is 0 Å². The maximum atomic E-state index is 4.14. The lowest BCUT2D eigenvalue weighted by Gasteiger charge is -2.12. The zero-order valence-corrected chi connectivity index (χ0v) is 10.9. The quantitative estimate of drug-likeness (QED) is 0.877. The molecule has 1 aromatic carbocycles. The van der Waals surface area contributed by atoms with E-state index in [2.05, 4.69) is 43.3 Å². The molecule has 0 aliphatic carbocycles. The molecule has 0 atom stereocenters. The van der Waals surface area contributed by atoms with Crippen molar-refractivity contribution in [1.29, 1.82) is 0 Å². The van der Waals surface area contributed by atoms with Crippen molar-refractivity contribution in [2.24, 2.45) is 7.05 Å². The van der Waals surface area contributed by atoms with E-state index in [1.165, 1.54) is 22.3 Å². The van der Waals surface area contributed by atoms with Crippen LogP contribution in [0.5, 0.6) is 0 Å². The molecule has 90 valence electrons. The monoisotopic (exact) mass is 229 g/mol. The van der Waals surface area contributed by atoms with E-state index in [4.69, 9.17) is 0 Å². The summed E-state index contributed by atoms with van der Waals surface area (Å²) in [7, 11) is 1.92. The average Bonchev–Trinajstić information content (AvgIpc) is 2.62. The Hall–Kier alpha value is -1.77. The highest BCUT2D eigenvalue weighted by atomic mass is 15.3. The van der Waals surface area contributed by atoms with Crippen molar-refractivity contribution >= 4 is 5.69 Å². The fourth-order valence-electron chi connectivity index (χ4n) is 2.19. The van der Waals surface area contributed by atoms with Crippen LogP contribution in [0.4, 0.5) is 5.69 Å². The largest absolute Gasteiger partial charge is 0.378 e. The molecule has 1 N–H and O–H groups in total. The lowest BCUT2D eigenvalue weighted by atomic mass is 10.00. The van der Waals surface area contributed by atoms with E-state index < -0.39 is 0 Å². The molecule has 17 heavy (non-hydrogen) atoms. The topological polar surface area (TPSA) is 29.9 Å². The minimum absolute atomic E-state index is 0.851. The van der Waals surface area contributed by atoms with Crippen LogP contribution in [0.2, 0.25) is 0 Å². The number of anilines is 1. The minimum Gasteiger partial charge on any atom is -0.378 e. The third kappa shape index (κ3) is 2.67. The highest BCUT2D eigenvalue weighted by Gasteiger charge is 2.04. The third-order valence-corrected chi connectivity index (χ3v) is 3.01. The van der Waals surface area contributed by atoms with Gasteiger partial charge in [0.2, 0.25) is 0 Å². The summed E-state index contributed by atoms with van der Waals surface area (Å²) >= 11 is 0. The van der Waals surface area contributed by atoms with Crippen LogP contribution in [-0.4, -0.2) is 9.78 Å². The maximum absolute atomic E-state index is 4.14. The Balaban J connectivity index is 2.14. The molecule has 2 aromatic rings. The number of aryl methyl sites for hydroxylation is 4. The van der Waals surface area contributed by atoms with E-state index >= 15 is 0 Å². The van der Waals surface area contributed by atoms with Crippen molar-refractivity contribution < 1.29 is 0 Å². The van der Waals surface area contributed by atoms with Gasteiger partial charge in [-0.1, -0.05) is 17.7 Å². The second-order valence-corrected chi connectivity index (χ2v) is 4.63. The van der Waals surface area contributed by atoms with Gasteiger partial charge in [0.25, 0.3) is 0 Å². The molecule has 0 unspecified atom stereocenters. The van der Waals surface area contributed by atoms with Crippen LogP contribution >= 0.6 is 0 Å². The van der Waals surface area contributed by atoms with Crippen LogP contribution in [0.25, 0.3) is 0 Å². The number of nitrogens with zero attached hydrogens (tertiary/aromatic N) is 2. The molecule has 0 amide bonds. The van der Waals surface area contributed by atoms with Gasteiger partial charge < -0.3 is 5.32 Å². The SMILES string of the molecule is Cc1cc(C)c(CNc2cnn(C)c2)c(C)c1.